The Morgan fingerprint density at radius 1 is 0.822 bits per heavy atom. The second-order valence-corrected chi connectivity index (χ2v) is 11.4. The first-order valence-corrected chi connectivity index (χ1v) is 15.0. The number of carboxylic acid groups (broad SMARTS) is 2. The number of carbonyl (C=O) groups is 3. The van der Waals surface area contributed by atoms with Gasteiger partial charge in [-0.15, -0.1) is 0 Å². The van der Waals surface area contributed by atoms with Crippen molar-refractivity contribution in [1.82, 2.24) is 9.80 Å². The summed E-state index contributed by atoms with van der Waals surface area (Å²) in [5.74, 6) is -0.468. The van der Waals surface area contributed by atoms with Gasteiger partial charge in [-0.2, -0.15) is 0 Å². The zero-order valence-corrected chi connectivity index (χ0v) is 25.0. The number of hydrogen-bond donors (Lipinski definition) is 3. The highest BCUT2D eigenvalue weighted by Crippen LogP contribution is 2.24. The molecule has 1 aliphatic heterocycles. The van der Waals surface area contributed by atoms with Crippen LogP contribution < -0.4 is 10.1 Å². The predicted octanol–water partition coefficient (Wildman–Crippen LogP) is 6.23. The Morgan fingerprint density at radius 2 is 1.51 bits per heavy atom. The highest BCUT2D eigenvalue weighted by atomic mass is 16.5. The molecule has 3 N–H and O–H groups in total. The topological polar surface area (TPSA) is 119 Å². The number of benzene rings is 4. The number of amides is 1. The summed E-state index contributed by atoms with van der Waals surface area (Å²) in [5.41, 5.74) is 2.84. The molecular formula is C36H37N3O6. The molecule has 0 radical (unpaired) electrons. The Hall–Kier alpha value is -4.99. The van der Waals surface area contributed by atoms with Crippen LogP contribution in [0.5, 0.6) is 11.5 Å². The van der Waals surface area contributed by atoms with E-state index < -0.39 is 11.9 Å². The lowest BCUT2D eigenvalue weighted by molar-refractivity contribution is -0.117. The van der Waals surface area contributed by atoms with E-state index in [2.05, 4.69) is 10.2 Å². The molecule has 4 aromatic rings. The van der Waals surface area contributed by atoms with Crippen LogP contribution >= 0.6 is 0 Å². The number of para-hydroxylation sites is 1. The SMILES string of the molecule is O=C(CN(Cc1ccccc1C(=O)O)CC1CCCN(Cc2ccc(C(=O)O)cc2)C1)Nc1ccc(Oc2ccccc2)cc1. The van der Waals surface area contributed by atoms with E-state index in [0.29, 0.717) is 36.6 Å². The van der Waals surface area contributed by atoms with Crippen LogP contribution in [0.1, 0.15) is 44.7 Å². The number of carboxylic acids is 2. The second-order valence-electron chi connectivity index (χ2n) is 11.4. The fourth-order valence-electron chi connectivity index (χ4n) is 5.75. The van der Waals surface area contributed by atoms with Gasteiger partial charge in [0.05, 0.1) is 17.7 Å². The number of nitrogens with zero attached hydrogens (tertiary/aromatic N) is 2. The number of likely N-dealkylation sites (tertiary alicyclic amines) is 1. The summed E-state index contributed by atoms with van der Waals surface area (Å²) in [6.07, 6.45) is 2.00. The summed E-state index contributed by atoms with van der Waals surface area (Å²) in [6, 6.07) is 30.5. The van der Waals surface area contributed by atoms with Crippen LogP contribution in [-0.4, -0.2) is 64.0 Å². The lowest BCUT2D eigenvalue weighted by atomic mass is 9.96. The van der Waals surface area contributed by atoms with Crippen molar-refractivity contribution < 1.29 is 29.3 Å². The van der Waals surface area contributed by atoms with Crippen LogP contribution in [0.2, 0.25) is 0 Å². The van der Waals surface area contributed by atoms with E-state index in [1.54, 1.807) is 54.6 Å². The Kier molecular flexibility index (Phi) is 10.6. The highest BCUT2D eigenvalue weighted by Gasteiger charge is 2.24. The van der Waals surface area contributed by atoms with Crippen molar-refractivity contribution >= 4 is 23.5 Å². The molecule has 9 nitrogen and oxygen atoms in total. The fourth-order valence-corrected chi connectivity index (χ4v) is 5.75. The van der Waals surface area contributed by atoms with Crippen molar-refractivity contribution in [2.45, 2.75) is 25.9 Å². The van der Waals surface area contributed by atoms with Crippen LogP contribution in [0.3, 0.4) is 0 Å². The average molecular weight is 608 g/mol. The third-order valence-corrected chi connectivity index (χ3v) is 7.85. The zero-order valence-electron chi connectivity index (χ0n) is 25.0. The normalized spacial score (nSPS) is 15.0. The summed E-state index contributed by atoms with van der Waals surface area (Å²) in [6.45, 7) is 3.52. The molecule has 45 heavy (non-hydrogen) atoms. The van der Waals surface area contributed by atoms with E-state index in [1.165, 1.54) is 0 Å². The van der Waals surface area contributed by atoms with Gasteiger partial charge in [0.1, 0.15) is 11.5 Å². The molecule has 0 spiro atoms. The van der Waals surface area contributed by atoms with Crippen molar-refractivity contribution in [3.63, 3.8) is 0 Å². The average Bonchev–Trinajstić information content (AvgIpc) is 3.03. The molecule has 1 amide bonds. The molecule has 0 aromatic heterocycles. The molecule has 0 saturated carbocycles. The fraction of sp³-hybridized carbons (Fsp3) is 0.250. The molecule has 9 heteroatoms. The van der Waals surface area contributed by atoms with Crippen molar-refractivity contribution in [3.8, 4) is 11.5 Å². The lowest BCUT2D eigenvalue weighted by Gasteiger charge is -2.35. The third-order valence-electron chi connectivity index (χ3n) is 7.85. The van der Waals surface area contributed by atoms with E-state index in [0.717, 1.165) is 37.2 Å². The summed E-state index contributed by atoms with van der Waals surface area (Å²) in [7, 11) is 0. The molecule has 4 aromatic carbocycles. The number of aromatic carboxylic acids is 2. The number of nitrogens with one attached hydrogen (secondary N) is 1. The first-order valence-electron chi connectivity index (χ1n) is 15.0. The minimum atomic E-state index is -0.995. The predicted molar refractivity (Wildman–Crippen MR) is 172 cm³/mol. The van der Waals surface area contributed by atoms with E-state index in [-0.39, 0.29) is 29.5 Å². The number of piperidine rings is 1. The molecule has 1 fully saturated rings. The maximum atomic E-state index is 13.3. The maximum Gasteiger partial charge on any atom is 0.336 e. The third kappa shape index (κ3) is 9.25. The smallest absolute Gasteiger partial charge is 0.336 e. The molecule has 0 aliphatic carbocycles. The van der Waals surface area contributed by atoms with Crippen LogP contribution in [0.15, 0.2) is 103 Å². The summed E-state index contributed by atoms with van der Waals surface area (Å²) in [4.78, 5) is 40.8. The van der Waals surface area contributed by atoms with Crippen LogP contribution in [-0.2, 0) is 17.9 Å². The van der Waals surface area contributed by atoms with Crippen LogP contribution in [0, 0.1) is 5.92 Å². The number of ether oxygens (including phenoxy) is 1. The highest BCUT2D eigenvalue weighted by molar-refractivity contribution is 5.92. The zero-order chi connectivity index (χ0) is 31.6. The maximum absolute atomic E-state index is 13.3. The van der Waals surface area contributed by atoms with Gasteiger partial charge in [0, 0.05) is 31.9 Å². The molecular weight excluding hydrogens is 570 g/mol. The largest absolute Gasteiger partial charge is 0.478 e. The summed E-state index contributed by atoms with van der Waals surface area (Å²) < 4.78 is 5.85. The number of carbonyl (C=O) groups excluding carboxylic acids is 1. The van der Waals surface area contributed by atoms with Gasteiger partial charge in [-0.3, -0.25) is 14.6 Å². The van der Waals surface area contributed by atoms with Crippen LogP contribution in [0.4, 0.5) is 5.69 Å². The van der Waals surface area contributed by atoms with E-state index in [1.807, 2.05) is 53.4 Å². The number of rotatable bonds is 13. The van der Waals surface area contributed by atoms with Crippen molar-refractivity contribution in [3.05, 3.63) is 125 Å². The van der Waals surface area contributed by atoms with Gasteiger partial charge in [0.25, 0.3) is 0 Å². The van der Waals surface area contributed by atoms with Gasteiger partial charge in [-0.1, -0.05) is 48.5 Å². The minimum absolute atomic E-state index is 0.101. The monoisotopic (exact) mass is 607 g/mol. The number of hydrogen-bond acceptors (Lipinski definition) is 6. The van der Waals surface area contributed by atoms with Crippen molar-refractivity contribution in [1.29, 1.82) is 0 Å². The molecule has 1 saturated heterocycles. The van der Waals surface area contributed by atoms with Gasteiger partial charge >= 0.3 is 11.9 Å². The molecule has 0 bridgehead atoms. The van der Waals surface area contributed by atoms with Gasteiger partial charge in [0.2, 0.25) is 5.91 Å². The molecule has 5 rings (SSSR count). The van der Waals surface area contributed by atoms with Crippen molar-refractivity contribution in [2.75, 3.05) is 31.5 Å². The quantitative estimate of drug-likeness (QED) is 0.164. The first-order chi connectivity index (χ1) is 21.8. The van der Waals surface area contributed by atoms with Gasteiger partial charge in [-0.05, 0) is 91.0 Å². The van der Waals surface area contributed by atoms with Gasteiger partial charge in [0.15, 0.2) is 0 Å². The molecule has 1 aliphatic rings. The molecule has 1 atom stereocenters. The lowest BCUT2D eigenvalue weighted by Crippen LogP contribution is -2.42. The molecule has 1 unspecified atom stereocenters. The van der Waals surface area contributed by atoms with E-state index in [4.69, 9.17) is 4.74 Å². The minimum Gasteiger partial charge on any atom is -0.478 e. The standard InChI is InChI=1S/C36H37N3O6/c40-34(37-30-16-18-32(19-17-30)45-31-9-2-1-3-10-31)25-39(24-29-8-4-5-11-33(29)36(43)44)23-27-7-6-20-38(22-27)21-26-12-14-28(15-13-26)35(41)42/h1-5,8-19,27H,6-7,20-25H2,(H,37,40)(H,41,42)(H,43,44). The summed E-state index contributed by atoms with van der Waals surface area (Å²) >= 11 is 0. The number of anilines is 1. The van der Waals surface area contributed by atoms with Gasteiger partial charge < -0.3 is 20.3 Å². The Morgan fingerprint density at radius 3 is 2.22 bits per heavy atom. The second kappa shape index (κ2) is 15.1. The van der Waals surface area contributed by atoms with E-state index >= 15 is 0 Å². The van der Waals surface area contributed by atoms with Crippen LogP contribution in [0.25, 0.3) is 0 Å². The Balaban J connectivity index is 1.24. The molecule has 232 valence electrons. The Labute approximate surface area is 262 Å². The van der Waals surface area contributed by atoms with Gasteiger partial charge in [-0.25, -0.2) is 9.59 Å². The molecule has 1 heterocycles. The Bertz CT molecular complexity index is 1590. The first kappa shape index (κ1) is 31.4. The van der Waals surface area contributed by atoms with Crippen molar-refractivity contribution in [2.24, 2.45) is 5.92 Å². The van der Waals surface area contributed by atoms with E-state index in [9.17, 15) is 24.6 Å². The summed E-state index contributed by atoms with van der Waals surface area (Å²) in [5, 5.41) is 21.9.